The van der Waals surface area contributed by atoms with Crippen LogP contribution in [-0.4, -0.2) is 31.6 Å². The molecule has 5 nitrogen and oxygen atoms in total. The fraction of sp³-hybridized carbons (Fsp3) is 0.478. The Labute approximate surface area is 204 Å². The second-order valence-electron chi connectivity index (χ2n) is 8.34. The molecule has 0 radical (unpaired) electrons. The van der Waals surface area contributed by atoms with E-state index in [4.69, 9.17) is 28.3 Å². The maximum absolute atomic E-state index is 9.07. The van der Waals surface area contributed by atoms with E-state index in [0.29, 0.717) is 22.1 Å². The van der Waals surface area contributed by atoms with Gasteiger partial charge in [-0.1, -0.05) is 36.5 Å². The standard InChI is InChI=1S/C12H13ClN2S.C11H11ClN2OS/c1-2-3-7-4-5-8-9(7)10-11(13)14-6-15-12(10)16-8;12-10-9-8-6(3-4-15)1-2-7(8)16-11(9)14-5-13-10/h6-7H,2-5H2,1H3;5-6,15H,1-4H2/t7-;6-/m01/s1. The molecule has 6 rings (SSSR count). The highest BCUT2D eigenvalue weighted by molar-refractivity contribution is 7.19. The van der Waals surface area contributed by atoms with Crippen LogP contribution in [0.15, 0.2) is 12.7 Å². The average Bonchev–Trinajstić information content (AvgIpc) is 3.51. The van der Waals surface area contributed by atoms with Gasteiger partial charge in [-0.2, -0.15) is 0 Å². The van der Waals surface area contributed by atoms with Gasteiger partial charge in [-0.25, -0.2) is 19.9 Å². The van der Waals surface area contributed by atoms with Crippen molar-refractivity contribution in [2.24, 2.45) is 0 Å². The largest absolute Gasteiger partial charge is 0.396 e. The number of thiophene rings is 2. The van der Waals surface area contributed by atoms with Crippen LogP contribution < -0.4 is 0 Å². The topological polar surface area (TPSA) is 71.8 Å². The van der Waals surface area contributed by atoms with Gasteiger partial charge in [0.25, 0.3) is 0 Å². The average molecular weight is 508 g/mol. The van der Waals surface area contributed by atoms with Gasteiger partial charge in [0, 0.05) is 16.4 Å². The Morgan fingerprint density at radius 1 is 0.844 bits per heavy atom. The number of nitrogens with zero attached hydrogens (tertiary/aromatic N) is 4. The van der Waals surface area contributed by atoms with Crippen LogP contribution in [0.1, 0.15) is 71.7 Å². The first-order valence-electron chi connectivity index (χ1n) is 11.1. The summed E-state index contributed by atoms with van der Waals surface area (Å²) >= 11 is 15.9. The van der Waals surface area contributed by atoms with Gasteiger partial charge >= 0.3 is 0 Å². The maximum Gasteiger partial charge on any atom is 0.141 e. The number of halogens is 2. The fourth-order valence-electron chi connectivity index (χ4n) is 5.14. The van der Waals surface area contributed by atoms with Crippen molar-refractivity contribution in [2.45, 2.75) is 63.7 Å². The summed E-state index contributed by atoms with van der Waals surface area (Å²) in [4.78, 5) is 21.6. The SMILES string of the molecule is CCC[C@H]1CCc2sc3ncnc(Cl)c3c21.OCC[C@H]1CCc2sc3ncnc(Cl)c3c21. The molecule has 4 aromatic rings. The van der Waals surface area contributed by atoms with Gasteiger partial charge in [-0.3, -0.25) is 0 Å². The highest BCUT2D eigenvalue weighted by Crippen LogP contribution is 2.47. The number of aryl methyl sites for hydroxylation is 2. The lowest BCUT2D eigenvalue weighted by Gasteiger charge is -2.09. The molecule has 9 heteroatoms. The summed E-state index contributed by atoms with van der Waals surface area (Å²) < 4.78 is 0. The normalized spacial score (nSPS) is 19.2. The van der Waals surface area contributed by atoms with E-state index in [1.54, 1.807) is 29.0 Å². The van der Waals surface area contributed by atoms with E-state index in [2.05, 4.69) is 26.9 Å². The summed E-state index contributed by atoms with van der Waals surface area (Å²) in [7, 11) is 0. The number of rotatable bonds is 4. The van der Waals surface area contributed by atoms with E-state index in [0.717, 1.165) is 39.7 Å². The van der Waals surface area contributed by atoms with E-state index in [1.165, 1.54) is 52.9 Å². The Kier molecular flexibility index (Phi) is 6.63. The highest BCUT2D eigenvalue weighted by Gasteiger charge is 2.29. The molecule has 32 heavy (non-hydrogen) atoms. The lowest BCUT2D eigenvalue weighted by molar-refractivity contribution is 0.275. The summed E-state index contributed by atoms with van der Waals surface area (Å²) in [6.07, 6.45) is 11.0. The van der Waals surface area contributed by atoms with Crippen LogP contribution in [0, 0.1) is 0 Å². The molecule has 2 aliphatic carbocycles. The number of aliphatic hydroxyl groups excluding tert-OH is 1. The van der Waals surface area contributed by atoms with Crippen LogP contribution in [-0.2, 0) is 12.8 Å². The Hall–Kier alpha value is -1.38. The minimum Gasteiger partial charge on any atom is -0.396 e. The monoisotopic (exact) mass is 506 g/mol. The van der Waals surface area contributed by atoms with Gasteiger partial charge < -0.3 is 5.11 Å². The summed E-state index contributed by atoms with van der Waals surface area (Å²) in [5.74, 6) is 1.11. The number of aliphatic hydroxyl groups is 1. The molecule has 0 unspecified atom stereocenters. The van der Waals surface area contributed by atoms with Crippen molar-refractivity contribution in [3.63, 3.8) is 0 Å². The molecule has 1 N–H and O–H groups in total. The van der Waals surface area contributed by atoms with Crippen molar-refractivity contribution in [2.75, 3.05) is 6.61 Å². The minimum atomic E-state index is 0.229. The van der Waals surface area contributed by atoms with Crippen molar-refractivity contribution in [1.29, 1.82) is 0 Å². The Morgan fingerprint density at radius 3 is 1.81 bits per heavy atom. The third-order valence-electron chi connectivity index (χ3n) is 6.48. The zero-order chi connectivity index (χ0) is 22.2. The van der Waals surface area contributed by atoms with Gasteiger partial charge in [0.05, 0.1) is 10.8 Å². The van der Waals surface area contributed by atoms with Crippen molar-refractivity contribution in [3.05, 3.63) is 43.8 Å². The van der Waals surface area contributed by atoms with Crippen LogP contribution in [0.2, 0.25) is 10.3 Å². The molecule has 0 aromatic carbocycles. The van der Waals surface area contributed by atoms with Crippen LogP contribution >= 0.6 is 45.9 Å². The summed E-state index contributed by atoms with van der Waals surface area (Å²) in [6.45, 7) is 2.47. The summed E-state index contributed by atoms with van der Waals surface area (Å²) in [5, 5.41) is 12.4. The van der Waals surface area contributed by atoms with Gasteiger partial charge in [-0.05, 0) is 61.5 Å². The predicted molar refractivity (Wildman–Crippen MR) is 134 cm³/mol. The van der Waals surface area contributed by atoms with E-state index < -0.39 is 0 Å². The zero-order valence-electron chi connectivity index (χ0n) is 17.8. The van der Waals surface area contributed by atoms with E-state index in [-0.39, 0.29) is 6.61 Å². The molecule has 4 aromatic heterocycles. The first-order valence-corrected chi connectivity index (χ1v) is 13.5. The Bertz CT molecular complexity index is 1170. The molecule has 0 saturated carbocycles. The lowest BCUT2D eigenvalue weighted by atomic mass is 9.96. The molecule has 4 heterocycles. The third kappa shape index (κ3) is 3.92. The highest BCUT2D eigenvalue weighted by atomic mass is 35.5. The third-order valence-corrected chi connectivity index (χ3v) is 9.40. The molecule has 0 aliphatic heterocycles. The maximum atomic E-state index is 9.07. The molecule has 0 spiro atoms. The first-order chi connectivity index (χ1) is 15.6. The van der Waals surface area contributed by atoms with Crippen molar-refractivity contribution in [1.82, 2.24) is 19.9 Å². The molecular formula is C23H24Cl2N4OS2. The van der Waals surface area contributed by atoms with Crippen LogP contribution in [0.25, 0.3) is 20.4 Å². The number of fused-ring (bicyclic) bond motifs is 6. The second-order valence-corrected chi connectivity index (χ2v) is 11.2. The van der Waals surface area contributed by atoms with Gasteiger partial charge in [0.15, 0.2) is 0 Å². The van der Waals surface area contributed by atoms with Crippen LogP contribution in [0.4, 0.5) is 0 Å². The van der Waals surface area contributed by atoms with E-state index in [1.807, 2.05) is 0 Å². The molecular weight excluding hydrogens is 483 g/mol. The molecule has 0 amide bonds. The van der Waals surface area contributed by atoms with Gasteiger partial charge in [-0.15, -0.1) is 22.7 Å². The molecule has 168 valence electrons. The first kappa shape index (κ1) is 22.4. The quantitative estimate of drug-likeness (QED) is 0.303. The minimum absolute atomic E-state index is 0.229. The molecule has 0 fully saturated rings. The van der Waals surface area contributed by atoms with Crippen molar-refractivity contribution in [3.8, 4) is 0 Å². The number of aromatic nitrogens is 4. The van der Waals surface area contributed by atoms with E-state index >= 15 is 0 Å². The predicted octanol–water partition coefficient (Wildman–Crippen LogP) is 6.93. The Balaban J connectivity index is 0.000000135. The Morgan fingerprint density at radius 2 is 1.34 bits per heavy atom. The number of hydrogen-bond acceptors (Lipinski definition) is 7. The van der Waals surface area contributed by atoms with Crippen molar-refractivity contribution < 1.29 is 5.11 Å². The molecule has 0 saturated heterocycles. The second kappa shape index (κ2) is 9.47. The molecule has 2 aliphatic rings. The fourth-order valence-corrected chi connectivity index (χ4v) is 8.21. The van der Waals surface area contributed by atoms with Crippen LogP contribution in [0.5, 0.6) is 0 Å². The number of hydrogen-bond donors (Lipinski definition) is 1. The van der Waals surface area contributed by atoms with E-state index in [9.17, 15) is 0 Å². The van der Waals surface area contributed by atoms with Crippen molar-refractivity contribution >= 4 is 66.3 Å². The smallest absolute Gasteiger partial charge is 0.141 e. The zero-order valence-corrected chi connectivity index (χ0v) is 20.9. The van der Waals surface area contributed by atoms with Gasteiger partial charge in [0.2, 0.25) is 0 Å². The lowest BCUT2D eigenvalue weighted by Crippen LogP contribution is -1.97. The van der Waals surface area contributed by atoms with Gasteiger partial charge in [0.1, 0.15) is 32.6 Å². The molecule has 0 bridgehead atoms. The summed E-state index contributed by atoms with van der Waals surface area (Å²) in [6, 6.07) is 0. The summed E-state index contributed by atoms with van der Waals surface area (Å²) in [5.41, 5.74) is 2.74. The molecule has 2 atom stereocenters. The van der Waals surface area contributed by atoms with Crippen LogP contribution in [0.3, 0.4) is 0 Å².